The molecule has 3 aromatic rings. The zero-order valence-corrected chi connectivity index (χ0v) is 9.80. The third-order valence-electron chi connectivity index (χ3n) is 2.89. The van der Waals surface area contributed by atoms with Crippen molar-refractivity contribution < 1.29 is 14.3 Å². The van der Waals surface area contributed by atoms with Gasteiger partial charge in [-0.1, -0.05) is 0 Å². The normalized spacial score (nSPS) is 11.0. The zero-order chi connectivity index (χ0) is 13.4. The standard InChI is InChI=1S/C13H10FN3O2/c14-9-1-2-10-11(5-15-12(10)3-9)8-4-16-17(6-8)7-13(18)19/h1-6,15H,7H2,(H,18,19). The van der Waals surface area contributed by atoms with E-state index >= 15 is 0 Å². The van der Waals surface area contributed by atoms with Crippen molar-refractivity contribution in [3.63, 3.8) is 0 Å². The molecule has 0 aliphatic carbocycles. The van der Waals surface area contributed by atoms with Crippen LogP contribution in [0, 0.1) is 5.82 Å². The first-order valence-electron chi connectivity index (χ1n) is 5.65. The number of halogens is 1. The van der Waals surface area contributed by atoms with Crippen LogP contribution in [0.25, 0.3) is 22.0 Å². The number of hydrogen-bond donors (Lipinski definition) is 2. The van der Waals surface area contributed by atoms with Gasteiger partial charge in [-0.3, -0.25) is 9.48 Å². The number of carboxylic acid groups (broad SMARTS) is 1. The molecule has 2 heterocycles. The number of H-pyrrole nitrogens is 1. The number of aromatic nitrogens is 3. The van der Waals surface area contributed by atoms with E-state index in [9.17, 15) is 9.18 Å². The number of carbonyl (C=O) groups is 1. The highest BCUT2D eigenvalue weighted by molar-refractivity contribution is 5.95. The number of rotatable bonds is 3. The largest absolute Gasteiger partial charge is 0.480 e. The van der Waals surface area contributed by atoms with E-state index in [2.05, 4.69) is 10.1 Å². The summed E-state index contributed by atoms with van der Waals surface area (Å²) in [5.41, 5.74) is 2.35. The molecule has 5 nitrogen and oxygen atoms in total. The van der Waals surface area contributed by atoms with Crippen molar-refractivity contribution in [1.29, 1.82) is 0 Å². The van der Waals surface area contributed by atoms with E-state index in [1.807, 2.05) is 0 Å². The molecule has 6 heteroatoms. The Balaban J connectivity index is 2.04. The minimum Gasteiger partial charge on any atom is -0.480 e. The minimum atomic E-state index is -0.948. The maximum atomic E-state index is 13.1. The molecule has 19 heavy (non-hydrogen) atoms. The van der Waals surface area contributed by atoms with Crippen LogP contribution < -0.4 is 0 Å². The Morgan fingerprint density at radius 3 is 3.11 bits per heavy atom. The van der Waals surface area contributed by atoms with Crippen molar-refractivity contribution in [1.82, 2.24) is 14.8 Å². The van der Waals surface area contributed by atoms with Crippen LogP contribution in [0.4, 0.5) is 4.39 Å². The molecular weight excluding hydrogens is 249 g/mol. The molecule has 3 rings (SSSR count). The summed E-state index contributed by atoms with van der Waals surface area (Å²) in [6.45, 7) is -0.184. The number of aliphatic carboxylic acids is 1. The summed E-state index contributed by atoms with van der Waals surface area (Å²) in [7, 11) is 0. The van der Waals surface area contributed by atoms with Crippen molar-refractivity contribution in [2.75, 3.05) is 0 Å². The second kappa shape index (κ2) is 4.24. The molecule has 96 valence electrons. The van der Waals surface area contributed by atoms with E-state index in [4.69, 9.17) is 5.11 Å². The number of nitrogens with one attached hydrogen (secondary N) is 1. The van der Waals surface area contributed by atoms with Gasteiger partial charge >= 0.3 is 5.97 Å². The van der Waals surface area contributed by atoms with Crippen LogP contribution in [0.5, 0.6) is 0 Å². The molecule has 0 fully saturated rings. The van der Waals surface area contributed by atoms with E-state index in [1.54, 1.807) is 24.7 Å². The summed E-state index contributed by atoms with van der Waals surface area (Å²) >= 11 is 0. The van der Waals surface area contributed by atoms with Crippen molar-refractivity contribution >= 4 is 16.9 Å². The average Bonchev–Trinajstić information content (AvgIpc) is 2.93. The summed E-state index contributed by atoms with van der Waals surface area (Å²) in [6.07, 6.45) is 5.00. The van der Waals surface area contributed by atoms with Crippen molar-refractivity contribution in [3.05, 3.63) is 42.6 Å². The molecule has 0 aliphatic heterocycles. The summed E-state index contributed by atoms with van der Waals surface area (Å²) < 4.78 is 14.4. The number of hydrogen-bond acceptors (Lipinski definition) is 2. The highest BCUT2D eigenvalue weighted by atomic mass is 19.1. The molecule has 2 N–H and O–H groups in total. The molecule has 0 saturated heterocycles. The van der Waals surface area contributed by atoms with Gasteiger partial charge in [-0.15, -0.1) is 0 Å². The van der Waals surface area contributed by atoms with Gasteiger partial charge in [0.1, 0.15) is 12.4 Å². The van der Waals surface area contributed by atoms with Gasteiger partial charge in [0.05, 0.1) is 6.20 Å². The summed E-state index contributed by atoms with van der Waals surface area (Å²) in [6, 6.07) is 4.49. The molecule has 0 bridgehead atoms. The number of carboxylic acids is 1. The van der Waals surface area contributed by atoms with Crippen molar-refractivity contribution in [2.24, 2.45) is 0 Å². The van der Waals surface area contributed by atoms with Gasteiger partial charge < -0.3 is 10.1 Å². The molecule has 0 atom stereocenters. The molecule has 0 unspecified atom stereocenters. The Morgan fingerprint density at radius 2 is 2.32 bits per heavy atom. The number of aromatic amines is 1. The van der Waals surface area contributed by atoms with Gasteiger partial charge in [0, 0.05) is 34.4 Å². The lowest BCUT2D eigenvalue weighted by atomic mass is 10.1. The summed E-state index contributed by atoms with van der Waals surface area (Å²) in [5.74, 6) is -1.25. The molecule has 0 radical (unpaired) electrons. The molecule has 0 saturated carbocycles. The Morgan fingerprint density at radius 1 is 1.47 bits per heavy atom. The maximum absolute atomic E-state index is 13.1. The highest BCUT2D eigenvalue weighted by Gasteiger charge is 2.09. The molecule has 0 amide bonds. The van der Waals surface area contributed by atoms with Crippen LogP contribution in [0.2, 0.25) is 0 Å². The van der Waals surface area contributed by atoms with Gasteiger partial charge in [0.25, 0.3) is 0 Å². The quantitative estimate of drug-likeness (QED) is 0.757. The Bertz CT molecular complexity index is 760. The molecule has 2 aromatic heterocycles. The number of nitrogens with zero attached hydrogens (tertiary/aromatic N) is 2. The molecule has 0 spiro atoms. The summed E-state index contributed by atoms with van der Waals surface area (Å²) in [4.78, 5) is 13.6. The zero-order valence-electron chi connectivity index (χ0n) is 9.80. The maximum Gasteiger partial charge on any atom is 0.325 e. The van der Waals surface area contributed by atoms with Gasteiger partial charge in [-0.05, 0) is 18.2 Å². The van der Waals surface area contributed by atoms with Crippen LogP contribution in [-0.4, -0.2) is 25.8 Å². The SMILES string of the molecule is O=C(O)Cn1cc(-c2c[nH]c3cc(F)ccc23)cn1. The Hall–Kier alpha value is -2.63. The van der Waals surface area contributed by atoms with E-state index < -0.39 is 5.97 Å². The fourth-order valence-electron chi connectivity index (χ4n) is 2.06. The second-order valence-electron chi connectivity index (χ2n) is 4.21. The second-order valence-corrected chi connectivity index (χ2v) is 4.21. The lowest BCUT2D eigenvalue weighted by Crippen LogP contribution is -2.08. The van der Waals surface area contributed by atoms with Crippen LogP contribution in [-0.2, 0) is 11.3 Å². The fourth-order valence-corrected chi connectivity index (χ4v) is 2.06. The molecule has 0 aliphatic rings. The van der Waals surface area contributed by atoms with Crippen LogP contribution in [0.15, 0.2) is 36.8 Å². The van der Waals surface area contributed by atoms with Gasteiger partial charge in [-0.25, -0.2) is 4.39 Å². The monoisotopic (exact) mass is 259 g/mol. The predicted molar refractivity (Wildman–Crippen MR) is 67.1 cm³/mol. The van der Waals surface area contributed by atoms with E-state index in [1.165, 1.54) is 16.8 Å². The lowest BCUT2D eigenvalue weighted by Gasteiger charge is -1.95. The first-order valence-corrected chi connectivity index (χ1v) is 5.65. The highest BCUT2D eigenvalue weighted by Crippen LogP contribution is 2.28. The first-order chi connectivity index (χ1) is 9.13. The lowest BCUT2D eigenvalue weighted by molar-refractivity contribution is -0.137. The van der Waals surface area contributed by atoms with Crippen LogP contribution in [0.1, 0.15) is 0 Å². The Labute approximate surface area is 107 Å². The topological polar surface area (TPSA) is 70.9 Å². The van der Waals surface area contributed by atoms with Crippen molar-refractivity contribution in [3.8, 4) is 11.1 Å². The molecular formula is C13H10FN3O2. The van der Waals surface area contributed by atoms with Crippen LogP contribution in [0.3, 0.4) is 0 Å². The number of fused-ring (bicyclic) bond motifs is 1. The minimum absolute atomic E-state index is 0.184. The summed E-state index contributed by atoms with van der Waals surface area (Å²) in [5, 5.41) is 13.6. The van der Waals surface area contributed by atoms with Crippen molar-refractivity contribution in [2.45, 2.75) is 6.54 Å². The van der Waals surface area contributed by atoms with E-state index in [0.717, 1.165) is 16.5 Å². The molecule has 1 aromatic carbocycles. The van der Waals surface area contributed by atoms with Gasteiger partial charge in [0.2, 0.25) is 0 Å². The third kappa shape index (κ3) is 2.08. The third-order valence-corrected chi connectivity index (χ3v) is 2.89. The smallest absolute Gasteiger partial charge is 0.325 e. The first kappa shape index (κ1) is 11.5. The van der Waals surface area contributed by atoms with Gasteiger partial charge in [-0.2, -0.15) is 5.10 Å². The fraction of sp³-hybridized carbons (Fsp3) is 0.0769. The van der Waals surface area contributed by atoms with E-state index in [0.29, 0.717) is 5.52 Å². The predicted octanol–water partition coefficient (Wildman–Crippen LogP) is 2.26. The van der Waals surface area contributed by atoms with E-state index in [-0.39, 0.29) is 12.4 Å². The Kier molecular flexibility index (Phi) is 2.56. The average molecular weight is 259 g/mol. The number of benzene rings is 1. The van der Waals surface area contributed by atoms with Gasteiger partial charge in [0.15, 0.2) is 0 Å². The van der Waals surface area contributed by atoms with Crippen LogP contribution >= 0.6 is 0 Å².